The fourth-order valence-electron chi connectivity index (χ4n) is 2.47. The van der Waals surface area contributed by atoms with E-state index >= 15 is 0 Å². The molecule has 2 aromatic rings. The number of hydrogen-bond acceptors (Lipinski definition) is 3. The zero-order valence-electron chi connectivity index (χ0n) is 16.7. The van der Waals surface area contributed by atoms with E-state index in [4.69, 9.17) is 4.74 Å². The lowest BCUT2D eigenvalue weighted by Gasteiger charge is -2.19. The monoisotopic (exact) mass is 482 g/mol. The van der Waals surface area contributed by atoms with E-state index in [2.05, 4.69) is 53.5 Å². The lowest BCUT2D eigenvalue weighted by molar-refractivity contribution is 0.321. The highest BCUT2D eigenvalue weighted by Gasteiger charge is 2.12. The maximum absolute atomic E-state index is 5.79. The van der Waals surface area contributed by atoms with Crippen molar-refractivity contribution in [3.8, 4) is 5.75 Å². The molecule has 0 unspecified atom stereocenters. The standard InChI is InChI=1S/C21H30N4O.HI/c1-21(2,3)17-8-10-19(11-9-17)26-16-15-25-20(22-4)24-14-12-18-7-5-6-13-23-18;/h5-11,13H,12,14-16H2,1-4H3,(H2,22,24,25);1H. The maximum Gasteiger partial charge on any atom is 0.191 e. The summed E-state index contributed by atoms with van der Waals surface area (Å²) in [6, 6.07) is 14.3. The molecule has 0 aliphatic heterocycles. The van der Waals surface area contributed by atoms with Crippen molar-refractivity contribution in [2.24, 2.45) is 4.99 Å². The number of halogens is 1. The molecule has 0 saturated heterocycles. The molecule has 5 nitrogen and oxygen atoms in total. The third kappa shape index (κ3) is 8.60. The summed E-state index contributed by atoms with van der Waals surface area (Å²) in [5.41, 5.74) is 2.53. The van der Waals surface area contributed by atoms with Crippen molar-refractivity contribution in [3.63, 3.8) is 0 Å². The number of benzene rings is 1. The van der Waals surface area contributed by atoms with Gasteiger partial charge >= 0.3 is 0 Å². The van der Waals surface area contributed by atoms with Gasteiger partial charge in [0.1, 0.15) is 12.4 Å². The van der Waals surface area contributed by atoms with E-state index < -0.39 is 0 Å². The molecule has 6 heteroatoms. The molecule has 1 aromatic heterocycles. The van der Waals surface area contributed by atoms with Crippen LogP contribution in [0.3, 0.4) is 0 Å². The number of guanidine groups is 1. The first-order valence-corrected chi connectivity index (χ1v) is 9.07. The second-order valence-electron chi connectivity index (χ2n) is 7.12. The van der Waals surface area contributed by atoms with E-state index in [1.165, 1.54) is 5.56 Å². The van der Waals surface area contributed by atoms with Crippen LogP contribution < -0.4 is 15.4 Å². The molecule has 1 heterocycles. The van der Waals surface area contributed by atoms with Gasteiger partial charge in [0.25, 0.3) is 0 Å². The average Bonchev–Trinajstić information content (AvgIpc) is 2.64. The summed E-state index contributed by atoms with van der Waals surface area (Å²) < 4.78 is 5.79. The Bertz CT molecular complexity index is 682. The number of hydrogen-bond donors (Lipinski definition) is 2. The van der Waals surface area contributed by atoms with E-state index in [0.717, 1.165) is 30.4 Å². The van der Waals surface area contributed by atoms with Crippen molar-refractivity contribution in [2.45, 2.75) is 32.6 Å². The van der Waals surface area contributed by atoms with Gasteiger partial charge in [-0.2, -0.15) is 0 Å². The van der Waals surface area contributed by atoms with Gasteiger partial charge in [-0.3, -0.25) is 9.98 Å². The Labute approximate surface area is 180 Å². The first-order chi connectivity index (χ1) is 12.5. The molecule has 0 bridgehead atoms. The van der Waals surface area contributed by atoms with E-state index in [-0.39, 0.29) is 29.4 Å². The number of ether oxygens (including phenoxy) is 1. The van der Waals surface area contributed by atoms with Crippen molar-refractivity contribution in [1.82, 2.24) is 15.6 Å². The predicted molar refractivity (Wildman–Crippen MR) is 123 cm³/mol. The normalized spacial score (nSPS) is 11.5. The highest BCUT2D eigenvalue weighted by atomic mass is 127. The second-order valence-corrected chi connectivity index (χ2v) is 7.12. The third-order valence-electron chi connectivity index (χ3n) is 4.01. The lowest BCUT2D eigenvalue weighted by Crippen LogP contribution is -2.40. The van der Waals surface area contributed by atoms with E-state index in [1.807, 2.05) is 36.5 Å². The molecule has 0 radical (unpaired) electrons. The second kappa shape index (κ2) is 11.8. The Morgan fingerprint density at radius 1 is 1.04 bits per heavy atom. The summed E-state index contributed by atoms with van der Waals surface area (Å²) in [5, 5.41) is 6.54. The Kier molecular flexibility index (Phi) is 10.1. The number of nitrogens with one attached hydrogen (secondary N) is 2. The Hall–Kier alpha value is -1.83. The molecule has 0 atom stereocenters. The Morgan fingerprint density at radius 2 is 1.74 bits per heavy atom. The Balaban J connectivity index is 0.00000364. The van der Waals surface area contributed by atoms with Crippen molar-refractivity contribution >= 4 is 29.9 Å². The smallest absolute Gasteiger partial charge is 0.191 e. The topological polar surface area (TPSA) is 58.5 Å². The van der Waals surface area contributed by atoms with Crippen LogP contribution >= 0.6 is 24.0 Å². The molecule has 27 heavy (non-hydrogen) atoms. The summed E-state index contributed by atoms with van der Waals surface area (Å²) >= 11 is 0. The van der Waals surface area contributed by atoms with Crippen LogP contribution in [0.2, 0.25) is 0 Å². The van der Waals surface area contributed by atoms with Crippen LogP contribution in [-0.2, 0) is 11.8 Å². The van der Waals surface area contributed by atoms with Crippen LogP contribution in [0.4, 0.5) is 0 Å². The molecule has 1 aromatic carbocycles. The third-order valence-corrected chi connectivity index (χ3v) is 4.01. The van der Waals surface area contributed by atoms with Crippen LogP contribution in [0.25, 0.3) is 0 Å². The van der Waals surface area contributed by atoms with Gasteiger partial charge < -0.3 is 15.4 Å². The van der Waals surface area contributed by atoms with Gasteiger partial charge in [-0.05, 0) is 35.2 Å². The SMILES string of the molecule is CN=C(NCCOc1ccc(C(C)(C)C)cc1)NCCc1ccccn1.I. The summed E-state index contributed by atoms with van der Waals surface area (Å²) in [4.78, 5) is 8.53. The molecular weight excluding hydrogens is 451 g/mol. The first kappa shape index (κ1) is 23.2. The molecular formula is C21H31IN4O. The molecule has 148 valence electrons. The minimum atomic E-state index is 0. The average molecular weight is 482 g/mol. The lowest BCUT2D eigenvalue weighted by atomic mass is 9.87. The number of nitrogens with zero attached hydrogens (tertiary/aromatic N) is 2. The van der Waals surface area contributed by atoms with Gasteiger partial charge in [-0.1, -0.05) is 39.0 Å². The fourth-order valence-corrected chi connectivity index (χ4v) is 2.47. The van der Waals surface area contributed by atoms with Crippen LogP contribution in [-0.4, -0.2) is 37.7 Å². The molecule has 0 fully saturated rings. The number of aliphatic imine (C=N–C) groups is 1. The summed E-state index contributed by atoms with van der Waals surface area (Å²) in [5.74, 6) is 1.66. The predicted octanol–water partition coefficient (Wildman–Crippen LogP) is 3.78. The highest BCUT2D eigenvalue weighted by Crippen LogP contribution is 2.24. The minimum Gasteiger partial charge on any atom is -0.492 e. The van der Waals surface area contributed by atoms with Gasteiger partial charge in [0.15, 0.2) is 5.96 Å². The van der Waals surface area contributed by atoms with E-state index in [9.17, 15) is 0 Å². The van der Waals surface area contributed by atoms with Crippen LogP contribution in [0.15, 0.2) is 53.7 Å². The molecule has 0 saturated carbocycles. The van der Waals surface area contributed by atoms with Gasteiger partial charge in [0, 0.05) is 31.9 Å². The van der Waals surface area contributed by atoms with Gasteiger partial charge in [0.05, 0.1) is 6.54 Å². The van der Waals surface area contributed by atoms with Gasteiger partial charge in [-0.15, -0.1) is 24.0 Å². The molecule has 0 amide bonds. The Morgan fingerprint density at radius 3 is 2.33 bits per heavy atom. The largest absolute Gasteiger partial charge is 0.492 e. The number of pyridine rings is 1. The molecule has 0 aliphatic carbocycles. The van der Waals surface area contributed by atoms with Crippen LogP contribution in [0.1, 0.15) is 32.0 Å². The van der Waals surface area contributed by atoms with Crippen LogP contribution in [0.5, 0.6) is 5.75 Å². The molecule has 0 spiro atoms. The number of rotatable bonds is 7. The minimum absolute atomic E-state index is 0. The van der Waals surface area contributed by atoms with Crippen molar-refractivity contribution < 1.29 is 4.74 Å². The van der Waals surface area contributed by atoms with Gasteiger partial charge in [0.2, 0.25) is 0 Å². The van der Waals surface area contributed by atoms with Gasteiger partial charge in [-0.25, -0.2) is 0 Å². The zero-order chi connectivity index (χ0) is 18.8. The fraction of sp³-hybridized carbons (Fsp3) is 0.429. The quantitative estimate of drug-likeness (QED) is 0.273. The summed E-state index contributed by atoms with van der Waals surface area (Å²) in [6.07, 6.45) is 2.67. The summed E-state index contributed by atoms with van der Waals surface area (Å²) in [6.45, 7) is 8.67. The van der Waals surface area contributed by atoms with Crippen molar-refractivity contribution in [2.75, 3.05) is 26.7 Å². The van der Waals surface area contributed by atoms with Crippen molar-refractivity contribution in [3.05, 3.63) is 59.9 Å². The molecule has 0 aliphatic rings. The highest BCUT2D eigenvalue weighted by molar-refractivity contribution is 14.0. The molecule has 2 N–H and O–H groups in total. The molecule has 2 rings (SSSR count). The van der Waals surface area contributed by atoms with Crippen molar-refractivity contribution in [1.29, 1.82) is 0 Å². The van der Waals surface area contributed by atoms with E-state index in [1.54, 1.807) is 7.05 Å². The van der Waals surface area contributed by atoms with E-state index in [0.29, 0.717) is 13.2 Å². The first-order valence-electron chi connectivity index (χ1n) is 9.07. The number of aromatic nitrogens is 1. The maximum atomic E-state index is 5.79. The zero-order valence-corrected chi connectivity index (χ0v) is 19.0. The summed E-state index contributed by atoms with van der Waals surface area (Å²) in [7, 11) is 1.77. The van der Waals surface area contributed by atoms with Crippen LogP contribution in [0, 0.1) is 0 Å².